The van der Waals surface area contributed by atoms with Gasteiger partial charge < -0.3 is 10.3 Å². The van der Waals surface area contributed by atoms with E-state index >= 15 is 0 Å². The third-order valence-corrected chi connectivity index (χ3v) is 3.74. The summed E-state index contributed by atoms with van der Waals surface area (Å²) in [5, 5.41) is 0.969. The summed E-state index contributed by atoms with van der Waals surface area (Å²) in [5.41, 5.74) is 7.59. The molecule has 2 rings (SSSR count). The summed E-state index contributed by atoms with van der Waals surface area (Å²) in [4.78, 5) is 4.57. The maximum atomic E-state index is 6.22. The molecular weight excluding hydrogens is 281 g/mol. The average molecular weight is 296 g/mol. The molecule has 2 N–H and O–H groups in total. The number of hydrogen-bond donors (Lipinski definition) is 1. The summed E-state index contributed by atoms with van der Waals surface area (Å²) in [5.74, 6) is 1.49. The Kier molecular flexibility index (Phi) is 4.17. The van der Waals surface area contributed by atoms with Gasteiger partial charge in [0.15, 0.2) is 0 Å². The Labute approximate surface area is 122 Å². The molecule has 0 spiro atoms. The molecule has 0 aliphatic heterocycles. The van der Waals surface area contributed by atoms with E-state index in [2.05, 4.69) is 11.6 Å². The third kappa shape index (κ3) is 2.48. The Morgan fingerprint density at radius 1 is 1.42 bits per heavy atom. The van der Waals surface area contributed by atoms with Crippen LogP contribution < -0.4 is 5.73 Å². The van der Waals surface area contributed by atoms with Crippen molar-refractivity contribution in [2.75, 3.05) is 5.73 Å². The first-order chi connectivity index (χ1) is 9.10. The second kappa shape index (κ2) is 5.68. The smallest absolute Gasteiger partial charge is 0.132 e. The molecule has 0 saturated heterocycles. The first-order valence-electron chi connectivity index (χ1n) is 6.00. The topological polar surface area (TPSA) is 43.8 Å². The van der Waals surface area contributed by atoms with Crippen molar-refractivity contribution >= 4 is 29.0 Å². The van der Waals surface area contributed by atoms with Crippen LogP contribution in [-0.4, -0.2) is 9.55 Å². The van der Waals surface area contributed by atoms with E-state index in [9.17, 15) is 0 Å². The van der Waals surface area contributed by atoms with Gasteiger partial charge in [-0.2, -0.15) is 0 Å². The molecule has 0 bridgehead atoms. The molecule has 0 aliphatic rings. The first-order valence-corrected chi connectivity index (χ1v) is 6.75. The molecule has 0 saturated carbocycles. The number of aromatic nitrogens is 2. The van der Waals surface area contributed by atoms with Crippen molar-refractivity contribution in [2.45, 2.75) is 19.9 Å². The Morgan fingerprint density at radius 3 is 2.79 bits per heavy atom. The van der Waals surface area contributed by atoms with Crippen molar-refractivity contribution in [3.63, 3.8) is 0 Å². The van der Waals surface area contributed by atoms with Crippen LogP contribution in [0.15, 0.2) is 30.9 Å². The Balaban J connectivity index is 2.63. The molecule has 0 aliphatic carbocycles. The lowest BCUT2D eigenvalue weighted by atomic mass is 10.1. The molecule has 1 aromatic carbocycles. The zero-order valence-electron chi connectivity index (χ0n) is 10.7. The SMILES string of the molecule is C=CCn1c(CC)nc(-c2cccc(Cl)c2Cl)c1N. The van der Waals surface area contributed by atoms with E-state index in [1.807, 2.05) is 23.6 Å². The van der Waals surface area contributed by atoms with Crippen LogP contribution in [0.25, 0.3) is 11.3 Å². The Bertz CT molecular complexity index is 617. The molecule has 100 valence electrons. The van der Waals surface area contributed by atoms with Gasteiger partial charge in [0, 0.05) is 18.5 Å². The fourth-order valence-corrected chi connectivity index (χ4v) is 2.39. The molecular formula is C14H15Cl2N3. The lowest BCUT2D eigenvalue weighted by Gasteiger charge is -2.06. The van der Waals surface area contributed by atoms with Crippen molar-refractivity contribution in [1.82, 2.24) is 9.55 Å². The number of benzene rings is 1. The molecule has 1 aromatic heterocycles. The highest BCUT2D eigenvalue weighted by Gasteiger charge is 2.17. The van der Waals surface area contributed by atoms with Crippen molar-refractivity contribution in [1.29, 1.82) is 0 Å². The standard InChI is InChI=1S/C14H15Cl2N3/c1-3-8-19-11(4-2)18-13(14(19)17)9-6-5-7-10(15)12(9)16/h3,5-7H,1,4,8,17H2,2H3. The third-order valence-electron chi connectivity index (χ3n) is 2.92. The zero-order chi connectivity index (χ0) is 14.0. The van der Waals surface area contributed by atoms with Crippen molar-refractivity contribution in [2.24, 2.45) is 0 Å². The van der Waals surface area contributed by atoms with E-state index in [0.717, 1.165) is 17.8 Å². The minimum Gasteiger partial charge on any atom is -0.383 e. The van der Waals surface area contributed by atoms with E-state index in [4.69, 9.17) is 28.9 Å². The fraction of sp³-hybridized carbons (Fsp3) is 0.214. The van der Waals surface area contributed by atoms with Gasteiger partial charge in [-0.15, -0.1) is 6.58 Å². The molecule has 0 fully saturated rings. The van der Waals surface area contributed by atoms with Crippen molar-refractivity contribution in [3.8, 4) is 11.3 Å². The van der Waals surface area contributed by atoms with Gasteiger partial charge >= 0.3 is 0 Å². The number of rotatable bonds is 4. The molecule has 19 heavy (non-hydrogen) atoms. The predicted molar refractivity (Wildman–Crippen MR) is 81.7 cm³/mol. The van der Waals surface area contributed by atoms with Crippen molar-refractivity contribution in [3.05, 3.63) is 46.7 Å². The second-order valence-electron chi connectivity index (χ2n) is 4.12. The van der Waals surface area contributed by atoms with E-state index in [1.165, 1.54) is 0 Å². The number of nitrogens with two attached hydrogens (primary N) is 1. The molecule has 2 aromatic rings. The number of hydrogen-bond acceptors (Lipinski definition) is 2. The van der Waals surface area contributed by atoms with Crippen LogP contribution >= 0.6 is 23.2 Å². The maximum absolute atomic E-state index is 6.22. The summed E-state index contributed by atoms with van der Waals surface area (Å²) in [7, 11) is 0. The van der Waals surface area contributed by atoms with Crippen LogP contribution in [0.2, 0.25) is 10.0 Å². The number of allylic oxidation sites excluding steroid dienone is 1. The number of imidazole rings is 1. The van der Waals surface area contributed by atoms with Gasteiger partial charge in [-0.25, -0.2) is 4.98 Å². The predicted octanol–water partition coefficient (Wildman–Crippen LogP) is 4.19. The van der Waals surface area contributed by atoms with Gasteiger partial charge in [-0.05, 0) is 6.07 Å². The normalized spacial score (nSPS) is 10.7. The number of nitrogen functional groups attached to an aromatic ring is 1. The van der Waals surface area contributed by atoms with E-state index in [1.54, 1.807) is 12.1 Å². The molecule has 0 unspecified atom stereocenters. The zero-order valence-corrected chi connectivity index (χ0v) is 12.2. The Hall–Kier alpha value is -1.45. The van der Waals surface area contributed by atoms with E-state index < -0.39 is 0 Å². The highest BCUT2D eigenvalue weighted by atomic mass is 35.5. The van der Waals surface area contributed by atoms with Crippen LogP contribution in [-0.2, 0) is 13.0 Å². The van der Waals surface area contributed by atoms with Gasteiger partial charge in [0.05, 0.1) is 10.0 Å². The minimum atomic E-state index is 0.474. The number of aryl methyl sites for hydroxylation is 1. The lowest BCUT2D eigenvalue weighted by molar-refractivity contribution is 0.757. The minimum absolute atomic E-state index is 0.474. The van der Waals surface area contributed by atoms with E-state index in [0.29, 0.717) is 28.1 Å². The van der Waals surface area contributed by atoms with Crippen LogP contribution in [0.1, 0.15) is 12.7 Å². The maximum Gasteiger partial charge on any atom is 0.132 e. The average Bonchev–Trinajstić information content (AvgIpc) is 2.71. The van der Waals surface area contributed by atoms with Crippen LogP contribution in [0.3, 0.4) is 0 Å². The summed E-state index contributed by atoms with van der Waals surface area (Å²) in [6.07, 6.45) is 2.58. The van der Waals surface area contributed by atoms with Gasteiger partial charge in [0.25, 0.3) is 0 Å². The summed E-state index contributed by atoms with van der Waals surface area (Å²) >= 11 is 12.3. The molecule has 1 heterocycles. The highest BCUT2D eigenvalue weighted by Crippen LogP contribution is 2.36. The number of nitrogens with zero attached hydrogens (tertiary/aromatic N) is 2. The summed E-state index contributed by atoms with van der Waals surface area (Å²) < 4.78 is 1.93. The monoisotopic (exact) mass is 295 g/mol. The molecule has 0 amide bonds. The van der Waals surface area contributed by atoms with Gasteiger partial charge in [-0.1, -0.05) is 48.3 Å². The lowest BCUT2D eigenvalue weighted by Crippen LogP contribution is -2.05. The van der Waals surface area contributed by atoms with Crippen LogP contribution in [0, 0.1) is 0 Å². The number of halogens is 2. The van der Waals surface area contributed by atoms with Gasteiger partial charge in [-0.3, -0.25) is 0 Å². The summed E-state index contributed by atoms with van der Waals surface area (Å²) in [6.45, 7) is 6.39. The van der Waals surface area contributed by atoms with E-state index in [-0.39, 0.29) is 0 Å². The van der Waals surface area contributed by atoms with Gasteiger partial charge in [0.2, 0.25) is 0 Å². The second-order valence-corrected chi connectivity index (χ2v) is 4.90. The van der Waals surface area contributed by atoms with Crippen LogP contribution in [0.4, 0.5) is 5.82 Å². The quantitative estimate of drug-likeness (QED) is 0.860. The largest absolute Gasteiger partial charge is 0.383 e. The first kappa shape index (κ1) is 14.0. The molecule has 0 radical (unpaired) electrons. The van der Waals surface area contributed by atoms with Gasteiger partial charge in [0.1, 0.15) is 17.3 Å². The summed E-state index contributed by atoms with van der Waals surface area (Å²) in [6, 6.07) is 5.44. The molecule has 3 nitrogen and oxygen atoms in total. The van der Waals surface area contributed by atoms with Crippen molar-refractivity contribution < 1.29 is 0 Å². The highest BCUT2D eigenvalue weighted by molar-refractivity contribution is 6.43. The Morgan fingerprint density at radius 2 is 2.16 bits per heavy atom. The molecule has 5 heteroatoms. The fourth-order valence-electron chi connectivity index (χ4n) is 2.00. The number of anilines is 1. The molecule has 0 atom stereocenters. The van der Waals surface area contributed by atoms with Crippen LogP contribution in [0.5, 0.6) is 0 Å².